The van der Waals surface area contributed by atoms with Crippen LogP contribution in [0.3, 0.4) is 0 Å². The maximum absolute atomic E-state index is 11.7. The predicted octanol–water partition coefficient (Wildman–Crippen LogP) is 1.09. The average molecular weight is 296 g/mol. The number of oxazole rings is 1. The van der Waals surface area contributed by atoms with Crippen molar-refractivity contribution in [1.29, 1.82) is 0 Å². The highest BCUT2D eigenvalue weighted by Crippen LogP contribution is 2.22. The minimum Gasteiger partial charge on any atom is -0.444 e. The number of nitrogen functional groups attached to an aromatic ring is 1. The lowest BCUT2D eigenvalue weighted by molar-refractivity contribution is 0.479. The molecule has 0 atom stereocenters. The van der Waals surface area contributed by atoms with E-state index in [0.717, 1.165) is 5.76 Å². The van der Waals surface area contributed by atoms with Crippen molar-refractivity contribution in [1.82, 2.24) is 9.71 Å². The SMILES string of the molecule is CNS(=O)(=O)c1ccc(NCc2ncc(C)o2)cc1N. The minimum atomic E-state index is -3.54. The van der Waals surface area contributed by atoms with E-state index >= 15 is 0 Å². The molecule has 1 heterocycles. The summed E-state index contributed by atoms with van der Waals surface area (Å²) in [5.41, 5.74) is 6.62. The molecule has 0 saturated heterocycles. The van der Waals surface area contributed by atoms with Crippen molar-refractivity contribution in [2.75, 3.05) is 18.1 Å². The van der Waals surface area contributed by atoms with Crippen molar-refractivity contribution >= 4 is 21.4 Å². The molecule has 0 aliphatic rings. The summed E-state index contributed by atoms with van der Waals surface area (Å²) in [5.74, 6) is 1.28. The number of nitrogens with two attached hydrogens (primary N) is 1. The van der Waals surface area contributed by atoms with Crippen LogP contribution in [0.5, 0.6) is 0 Å². The second-order valence-electron chi connectivity index (χ2n) is 4.18. The second-order valence-corrected chi connectivity index (χ2v) is 6.03. The van der Waals surface area contributed by atoms with Crippen LogP contribution in [0.15, 0.2) is 33.7 Å². The smallest absolute Gasteiger partial charge is 0.242 e. The van der Waals surface area contributed by atoms with E-state index in [1.165, 1.54) is 13.1 Å². The lowest BCUT2D eigenvalue weighted by Crippen LogP contribution is -2.20. The topological polar surface area (TPSA) is 110 Å². The molecule has 1 aromatic heterocycles. The molecule has 1 aromatic carbocycles. The molecule has 8 heteroatoms. The van der Waals surface area contributed by atoms with Crippen molar-refractivity contribution < 1.29 is 12.8 Å². The number of nitrogens with zero attached hydrogens (tertiary/aromatic N) is 1. The van der Waals surface area contributed by atoms with Crippen molar-refractivity contribution in [3.05, 3.63) is 36.0 Å². The fourth-order valence-electron chi connectivity index (χ4n) is 1.67. The van der Waals surface area contributed by atoms with Gasteiger partial charge in [-0.15, -0.1) is 0 Å². The van der Waals surface area contributed by atoms with Crippen LogP contribution < -0.4 is 15.8 Å². The number of rotatable bonds is 5. The zero-order chi connectivity index (χ0) is 14.8. The first kappa shape index (κ1) is 14.4. The highest BCUT2D eigenvalue weighted by molar-refractivity contribution is 7.89. The Morgan fingerprint density at radius 2 is 2.15 bits per heavy atom. The molecule has 7 nitrogen and oxygen atoms in total. The standard InChI is InChI=1S/C12H16N4O3S/c1-8-6-16-12(19-8)7-15-9-3-4-11(10(13)5-9)20(17,18)14-2/h3-6,14-15H,7,13H2,1-2H3. The summed E-state index contributed by atoms with van der Waals surface area (Å²) < 4.78 is 30.9. The fourth-order valence-corrected chi connectivity index (χ4v) is 2.51. The van der Waals surface area contributed by atoms with E-state index in [9.17, 15) is 8.42 Å². The quantitative estimate of drug-likeness (QED) is 0.712. The third-order valence-electron chi connectivity index (χ3n) is 2.68. The van der Waals surface area contributed by atoms with Crippen molar-refractivity contribution in [3.63, 3.8) is 0 Å². The van der Waals surface area contributed by atoms with E-state index in [1.54, 1.807) is 18.3 Å². The number of nitrogens with one attached hydrogen (secondary N) is 2. The molecule has 0 amide bonds. The summed E-state index contributed by atoms with van der Waals surface area (Å²) in [6.07, 6.45) is 1.63. The van der Waals surface area contributed by atoms with Crippen LogP contribution in [0.4, 0.5) is 11.4 Å². The minimum absolute atomic E-state index is 0.0533. The van der Waals surface area contributed by atoms with Gasteiger partial charge in [-0.2, -0.15) is 0 Å². The molecule has 20 heavy (non-hydrogen) atoms. The van der Waals surface area contributed by atoms with Crippen LogP contribution >= 0.6 is 0 Å². The predicted molar refractivity (Wildman–Crippen MR) is 75.7 cm³/mol. The Morgan fingerprint density at radius 3 is 2.70 bits per heavy atom. The Bertz CT molecular complexity index is 709. The highest BCUT2D eigenvalue weighted by Gasteiger charge is 2.15. The van der Waals surface area contributed by atoms with Gasteiger partial charge in [-0.1, -0.05) is 0 Å². The van der Waals surface area contributed by atoms with E-state index in [0.29, 0.717) is 18.1 Å². The molecular formula is C12H16N4O3S. The molecule has 2 aromatic rings. The van der Waals surface area contributed by atoms with Gasteiger partial charge in [0.25, 0.3) is 0 Å². The molecule has 0 fully saturated rings. The monoisotopic (exact) mass is 296 g/mol. The molecule has 4 N–H and O–H groups in total. The summed E-state index contributed by atoms with van der Waals surface area (Å²) in [6, 6.07) is 4.64. The lowest BCUT2D eigenvalue weighted by atomic mass is 10.3. The number of anilines is 2. The van der Waals surface area contributed by atoms with Gasteiger partial charge >= 0.3 is 0 Å². The summed E-state index contributed by atoms with van der Waals surface area (Å²) in [5, 5.41) is 3.06. The Labute approximate surface area is 117 Å². The number of benzene rings is 1. The summed E-state index contributed by atoms with van der Waals surface area (Å²) in [6.45, 7) is 2.21. The molecule has 2 rings (SSSR count). The molecule has 0 spiro atoms. The largest absolute Gasteiger partial charge is 0.444 e. The van der Waals surface area contributed by atoms with E-state index in [2.05, 4.69) is 15.0 Å². The average Bonchev–Trinajstić information content (AvgIpc) is 2.82. The molecule has 0 unspecified atom stereocenters. The van der Waals surface area contributed by atoms with Gasteiger partial charge in [-0.3, -0.25) is 0 Å². The van der Waals surface area contributed by atoms with Crippen molar-refractivity contribution in [2.45, 2.75) is 18.4 Å². The van der Waals surface area contributed by atoms with E-state index in [-0.39, 0.29) is 10.6 Å². The zero-order valence-electron chi connectivity index (χ0n) is 11.2. The molecule has 0 aliphatic heterocycles. The van der Waals surface area contributed by atoms with Crippen molar-refractivity contribution in [2.24, 2.45) is 0 Å². The van der Waals surface area contributed by atoms with Gasteiger partial charge in [-0.25, -0.2) is 18.1 Å². The highest BCUT2D eigenvalue weighted by atomic mass is 32.2. The first-order valence-electron chi connectivity index (χ1n) is 5.90. The fraction of sp³-hybridized carbons (Fsp3) is 0.250. The molecule has 0 saturated carbocycles. The Hall–Kier alpha value is -2.06. The van der Waals surface area contributed by atoms with Crippen LogP contribution in [0.1, 0.15) is 11.7 Å². The van der Waals surface area contributed by atoms with Crippen molar-refractivity contribution in [3.8, 4) is 0 Å². The third-order valence-corrected chi connectivity index (χ3v) is 4.17. The number of sulfonamides is 1. The van der Waals surface area contributed by atoms with Crippen LogP contribution in [0.2, 0.25) is 0 Å². The first-order valence-corrected chi connectivity index (χ1v) is 7.39. The second kappa shape index (κ2) is 5.51. The number of aromatic nitrogens is 1. The first-order chi connectivity index (χ1) is 9.42. The normalized spacial score (nSPS) is 11.5. The molecule has 0 radical (unpaired) electrons. The van der Waals surface area contributed by atoms with E-state index < -0.39 is 10.0 Å². The van der Waals surface area contributed by atoms with Gasteiger partial charge in [0.15, 0.2) is 0 Å². The summed E-state index contributed by atoms with van der Waals surface area (Å²) >= 11 is 0. The Balaban J connectivity index is 2.13. The maximum Gasteiger partial charge on any atom is 0.242 e. The van der Waals surface area contributed by atoms with Crippen LogP contribution in [0.25, 0.3) is 0 Å². The summed E-state index contributed by atoms with van der Waals surface area (Å²) in [7, 11) is -2.20. The number of hydrogen-bond donors (Lipinski definition) is 3. The molecule has 108 valence electrons. The number of hydrogen-bond acceptors (Lipinski definition) is 6. The molecule has 0 bridgehead atoms. The van der Waals surface area contributed by atoms with Crippen LogP contribution in [-0.2, 0) is 16.6 Å². The molecular weight excluding hydrogens is 280 g/mol. The van der Waals surface area contributed by atoms with Crippen LogP contribution in [0, 0.1) is 6.92 Å². The Morgan fingerprint density at radius 1 is 1.40 bits per heavy atom. The van der Waals surface area contributed by atoms with Gasteiger partial charge < -0.3 is 15.5 Å². The van der Waals surface area contributed by atoms with Gasteiger partial charge in [0.1, 0.15) is 10.7 Å². The van der Waals surface area contributed by atoms with Gasteiger partial charge in [0.2, 0.25) is 15.9 Å². The maximum atomic E-state index is 11.7. The third kappa shape index (κ3) is 3.09. The van der Waals surface area contributed by atoms with Gasteiger partial charge in [0, 0.05) is 5.69 Å². The Kier molecular flexibility index (Phi) is 3.96. The summed E-state index contributed by atoms with van der Waals surface area (Å²) in [4.78, 5) is 4.11. The van der Waals surface area contributed by atoms with E-state index in [4.69, 9.17) is 10.2 Å². The lowest BCUT2D eigenvalue weighted by Gasteiger charge is -2.09. The van der Waals surface area contributed by atoms with E-state index in [1.807, 2.05) is 6.92 Å². The van der Waals surface area contributed by atoms with Gasteiger partial charge in [-0.05, 0) is 32.2 Å². The molecule has 0 aliphatic carbocycles. The van der Waals surface area contributed by atoms with Crippen LogP contribution in [-0.4, -0.2) is 20.4 Å². The number of aryl methyl sites for hydroxylation is 1. The zero-order valence-corrected chi connectivity index (χ0v) is 12.0. The van der Waals surface area contributed by atoms with Gasteiger partial charge in [0.05, 0.1) is 18.4 Å².